The Bertz CT molecular complexity index is 273. The molecular formula is C11H21N3O. The van der Waals surface area contributed by atoms with Crippen molar-refractivity contribution in [2.75, 3.05) is 20.8 Å². The molecule has 1 N–H and O–H groups in total. The van der Waals surface area contributed by atoms with Gasteiger partial charge in [-0.3, -0.25) is 0 Å². The topological polar surface area (TPSA) is 39.1 Å². The summed E-state index contributed by atoms with van der Waals surface area (Å²) in [5, 5.41) is 3.25. The van der Waals surface area contributed by atoms with Crippen LogP contribution in [0.4, 0.5) is 0 Å². The molecule has 0 spiro atoms. The van der Waals surface area contributed by atoms with Crippen LogP contribution in [0.25, 0.3) is 0 Å². The standard InChI is InChI=1S/C11H21N3O/c1-12-10(9-15-3)5-4-6-11-13-7-8-14(11)2/h7-8,10,12H,4-6,9H2,1-3H3. The summed E-state index contributed by atoms with van der Waals surface area (Å²) in [5.74, 6) is 1.15. The molecule has 1 aromatic heterocycles. The third-order valence-electron chi connectivity index (χ3n) is 2.65. The van der Waals surface area contributed by atoms with E-state index in [0.29, 0.717) is 6.04 Å². The first-order chi connectivity index (χ1) is 7.27. The zero-order valence-electron chi connectivity index (χ0n) is 9.86. The van der Waals surface area contributed by atoms with Crippen LogP contribution in [0.1, 0.15) is 18.7 Å². The summed E-state index contributed by atoms with van der Waals surface area (Å²) >= 11 is 0. The van der Waals surface area contributed by atoms with E-state index in [1.165, 1.54) is 0 Å². The van der Waals surface area contributed by atoms with E-state index in [4.69, 9.17) is 4.74 Å². The van der Waals surface area contributed by atoms with Crippen LogP contribution in [0.2, 0.25) is 0 Å². The van der Waals surface area contributed by atoms with Gasteiger partial charge in [0.05, 0.1) is 6.61 Å². The Labute approximate surface area is 91.7 Å². The van der Waals surface area contributed by atoms with Crippen LogP contribution in [0.3, 0.4) is 0 Å². The number of aryl methyl sites for hydroxylation is 2. The van der Waals surface area contributed by atoms with Gasteiger partial charge >= 0.3 is 0 Å². The third kappa shape index (κ3) is 4.01. The van der Waals surface area contributed by atoms with Gasteiger partial charge < -0.3 is 14.6 Å². The molecule has 0 fully saturated rings. The molecular weight excluding hydrogens is 190 g/mol. The normalized spacial score (nSPS) is 13.0. The fraction of sp³-hybridized carbons (Fsp3) is 0.727. The van der Waals surface area contributed by atoms with Crippen LogP contribution in [0, 0.1) is 0 Å². The van der Waals surface area contributed by atoms with Gasteiger partial charge in [0, 0.05) is 39.0 Å². The van der Waals surface area contributed by atoms with Crippen molar-refractivity contribution < 1.29 is 4.74 Å². The quantitative estimate of drug-likeness (QED) is 0.730. The molecule has 0 aromatic carbocycles. The van der Waals surface area contributed by atoms with Crippen molar-refractivity contribution in [2.45, 2.75) is 25.3 Å². The van der Waals surface area contributed by atoms with E-state index in [0.717, 1.165) is 31.7 Å². The molecule has 86 valence electrons. The maximum Gasteiger partial charge on any atom is 0.108 e. The molecule has 4 nitrogen and oxygen atoms in total. The molecule has 15 heavy (non-hydrogen) atoms. The van der Waals surface area contributed by atoms with Gasteiger partial charge in [0.1, 0.15) is 5.82 Å². The monoisotopic (exact) mass is 211 g/mol. The number of hydrogen-bond donors (Lipinski definition) is 1. The average molecular weight is 211 g/mol. The Kier molecular flexibility index (Phi) is 5.36. The lowest BCUT2D eigenvalue weighted by atomic mass is 10.1. The van der Waals surface area contributed by atoms with E-state index in [1.54, 1.807) is 7.11 Å². The lowest BCUT2D eigenvalue weighted by Gasteiger charge is -2.14. The lowest BCUT2D eigenvalue weighted by Crippen LogP contribution is -2.29. The number of nitrogens with zero attached hydrogens (tertiary/aromatic N) is 2. The van der Waals surface area contributed by atoms with E-state index >= 15 is 0 Å². The van der Waals surface area contributed by atoms with Crippen molar-refractivity contribution in [3.63, 3.8) is 0 Å². The van der Waals surface area contributed by atoms with E-state index < -0.39 is 0 Å². The number of hydrogen-bond acceptors (Lipinski definition) is 3. The van der Waals surface area contributed by atoms with Gasteiger partial charge in [-0.2, -0.15) is 0 Å². The van der Waals surface area contributed by atoms with Gasteiger partial charge in [-0.1, -0.05) is 0 Å². The minimum Gasteiger partial charge on any atom is -0.383 e. The summed E-state index contributed by atoms with van der Waals surface area (Å²) in [6.07, 6.45) is 7.13. The van der Waals surface area contributed by atoms with Crippen LogP contribution in [-0.4, -0.2) is 36.4 Å². The molecule has 1 heterocycles. The second-order valence-corrected chi connectivity index (χ2v) is 3.79. The molecule has 0 aliphatic carbocycles. The highest BCUT2D eigenvalue weighted by atomic mass is 16.5. The number of aromatic nitrogens is 2. The minimum absolute atomic E-state index is 0.454. The zero-order chi connectivity index (χ0) is 11.1. The van der Waals surface area contributed by atoms with Crippen molar-refractivity contribution >= 4 is 0 Å². The minimum atomic E-state index is 0.454. The first kappa shape index (κ1) is 12.2. The Morgan fingerprint density at radius 3 is 2.93 bits per heavy atom. The maximum absolute atomic E-state index is 5.12. The molecule has 0 aliphatic rings. The molecule has 0 amide bonds. The largest absolute Gasteiger partial charge is 0.383 e. The summed E-state index contributed by atoms with van der Waals surface area (Å²) < 4.78 is 7.20. The van der Waals surface area contributed by atoms with Crippen LogP contribution in [-0.2, 0) is 18.2 Å². The number of methoxy groups -OCH3 is 1. The molecule has 0 saturated heterocycles. The van der Waals surface area contributed by atoms with Crippen molar-refractivity contribution in [3.05, 3.63) is 18.2 Å². The fourth-order valence-corrected chi connectivity index (χ4v) is 1.66. The molecule has 1 rings (SSSR count). The van der Waals surface area contributed by atoms with Crippen molar-refractivity contribution in [3.8, 4) is 0 Å². The molecule has 0 aliphatic heterocycles. The molecule has 0 radical (unpaired) electrons. The number of rotatable bonds is 7. The molecule has 0 saturated carbocycles. The van der Waals surface area contributed by atoms with Crippen LogP contribution >= 0.6 is 0 Å². The summed E-state index contributed by atoms with van der Waals surface area (Å²) in [7, 11) is 5.75. The van der Waals surface area contributed by atoms with E-state index in [2.05, 4.69) is 14.9 Å². The molecule has 1 unspecified atom stereocenters. The van der Waals surface area contributed by atoms with Crippen LogP contribution in [0.15, 0.2) is 12.4 Å². The van der Waals surface area contributed by atoms with E-state index in [-0.39, 0.29) is 0 Å². The van der Waals surface area contributed by atoms with Gasteiger partial charge in [0.2, 0.25) is 0 Å². The van der Waals surface area contributed by atoms with E-state index in [1.807, 2.05) is 26.5 Å². The van der Waals surface area contributed by atoms with Gasteiger partial charge in [0.15, 0.2) is 0 Å². The Balaban J connectivity index is 2.23. The highest BCUT2D eigenvalue weighted by Gasteiger charge is 2.06. The molecule has 4 heteroatoms. The Hall–Kier alpha value is -0.870. The summed E-state index contributed by atoms with van der Waals surface area (Å²) in [4.78, 5) is 4.30. The highest BCUT2D eigenvalue weighted by Crippen LogP contribution is 2.04. The predicted molar refractivity (Wildman–Crippen MR) is 60.9 cm³/mol. The summed E-state index contributed by atoms with van der Waals surface area (Å²) in [5.41, 5.74) is 0. The second kappa shape index (κ2) is 6.58. The smallest absolute Gasteiger partial charge is 0.108 e. The highest BCUT2D eigenvalue weighted by molar-refractivity contribution is 4.91. The second-order valence-electron chi connectivity index (χ2n) is 3.79. The van der Waals surface area contributed by atoms with Crippen molar-refractivity contribution in [2.24, 2.45) is 7.05 Å². The van der Waals surface area contributed by atoms with Gasteiger partial charge in [-0.15, -0.1) is 0 Å². The SMILES string of the molecule is CNC(CCCc1nccn1C)COC. The predicted octanol–water partition coefficient (Wildman–Crippen LogP) is 0.977. The van der Waals surface area contributed by atoms with Crippen LogP contribution in [0.5, 0.6) is 0 Å². The molecule has 0 bridgehead atoms. The fourth-order valence-electron chi connectivity index (χ4n) is 1.66. The van der Waals surface area contributed by atoms with Crippen LogP contribution < -0.4 is 5.32 Å². The molecule has 1 atom stereocenters. The number of likely N-dealkylation sites (N-methyl/N-ethyl adjacent to an activating group) is 1. The molecule has 1 aromatic rings. The number of nitrogens with one attached hydrogen (secondary N) is 1. The van der Waals surface area contributed by atoms with Crippen molar-refractivity contribution in [1.29, 1.82) is 0 Å². The third-order valence-corrected chi connectivity index (χ3v) is 2.65. The average Bonchev–Trinajstić information content (AvgIpc) is 2.63. The van der Waals surface area contributed by atoms with Gasteiger partial charge in [0.25, 0.3) is 0 Å². The first-order valence-corrected chi connectivity index (χ1v) is 5.40. The first-order valence-electron chi connectivity index (χ1n) is 5.40. The zero-order valence-corrected chi connectivity index (χ0v) is 9.86. The van der Waals surface area contributed by atoms with Crippen molar-refractivity contribution in [1.82, 2.24) is 14.9 Å². The Morgan fingerprint density at radius 1 is 1.60 bits per heavy atom. The number of imidazole rings is 1. The number of ether oxygens (including phenoxy) is 1. The van der Waals surface area contributed by atoms with E-state index in [9.17, 15) is 0 Å². The van der Waals surface area contributed by atoms with Gasteiger partial charge in [-0.25, -0.2) is 4.98 Å². The lowest BCUT2D eigenvalue weighted by molar-refractivity contribution is 0.165. The Morgan fingerprint density at radius 2 is 2.40 bits per heavy atom. The summed E-state index contributed by atoms with van der Waals surface area (Å²) in [6.45, 7) is 0.775. The summed E-state index contributed by atoms with van der Waals surface area (Å²) in [6, 6.07) is 0.454. The van der Waals surface area contributed by atoms with Gasteiger partial charge in [-0.05, 0) is 19.9 Å². The maximum atomic E-state index is 5.12.